The van der Waals surface area contributed by atoms with E-state index in [1.165, 1.54) is 0 Å². The van der Waals surface area contributed by atoms with Gasteiger partial charge in [-0.05, 0) is 12.8 Å². The van der Waals surface area contributed by atoms with Crippen molar-refractivity contribution in [3.8, 4) is 0 Å². The molecule has 1 aliphatic carbocycles. The van der Waals surface area contributed by atoms with E-state index < -0.39 is 18.7 Å². The molecule has 14 heavy (non-hydrogen) atoms. The molecule has 0 unspecified atom stereocenters. The van der Waals surface area contributed by atoms with Gasteiger partial charge in [0.2, 0.25) is 5.89 Å². The van der Waals surface area contributed by atoms with Gasteiger partial charge in [0.25, 0.3) is 6.43 Å². The van der Waals surface area contributed by atoms with Gasteiger partial charge in [-0.15, -0.1) is 0 Å². The molecule has 0 aromatic carbocycles. The lowest BCUT2D eigenvalue weighted by Gasteiger charge is -1.99. The van der Waals surface area contributed by atoms with Crippen molar-refractivity contribution in [1.29, 1.82) is 0 Å². The Balaban J connectivity index is 2.36. The average Bonchev–Trinajstić information content (AvgIpc) is 2.74. The first-order valence-corrected chi connectivity index (χ1v) is 4.46. The lowest BCUT2D eigenvalue weighted by atomic mass is 10.1. The predicted octanol–water partition coefficient (Wildman–Crippen LogP) is 2.16. The Hall–Kier alpha value is -0.970. The summed E-state index contributed by atoms with van der Waals surface area (Å²) in [6, 6.07) is 0. The van der Waals surface area contributed by atoms with Gasteiger partial charge in [0.15, 0.2) is 11.5 Å². The second-order valence-electron chi connectivity index (χ2n) is 3.85. The molecule has 78 valence electrons. The van der Waals surface area contributed by atoms with Crippen LogP contribution in [0.4, 0.5) is 8.78 Å². The molecule has 2 rings (SSSR count). The topological polar surface area (TPSA) is 46.3 Å². The smallest absolute Gasteiger partial charge is 0.283 e. The van der Waals surface area contributed by atoms with Crippen molar-refractivity contribution in [2.24, 2.45) is 0 Å². The molecule has 3 nitrogen and oxygen atoms in total. The second-order valence-corrected chi connectivity index (χ2v) is 3.85. The minimum atomic E-state index is -2.68. The maximum Gasteiger partial charge on any atom is 0.283 e. The van der Waals surface area contributed by atoms with Crippen LogP contribution in [-0.2, 0) is 12.0 Å². The van der Waals surface area contributed by atoms with Crippen molar-refractivity contribution in [3.63, 3.8) is 0 Å². The van der Waals surface area contributed by atoms with Gasteiger partial charge in [0.1, 0.15) is 6.61 Å². The minimum Gasteiger partial charge on any atom is -0.442 e. The number of hydrogen-bond acceptors (Lipinski definition) is 3. The van der Waals surface area contributed by atoms with Gasteiger partial charge in [-0.2, -0.15) is 0 Å². The molecule has 1 aromatic rings. The van der Waals surface area contributed by atoms with E-state index >= 15 is 0 Å². The van der Waals surface area contributed by atoms with Crippen LogP contribution in [0.25, 0.3) is 0 Å². The SMILES string of the molecule is CC1(c2nc(C(F)F)c(CO)o2)CC1. The van der Waals surface area contributed by atoms with Crippen molar-refractivity contribution in [2.45, 2.75) is 38.2 Å². The number of hydrogen-bond donors (Lipinski definition) is 1. The van der Waals surface area contributed by atoms with Crippen LogP contribution in [-0.4, -0.2) is 10.1 Å². The van der Waals surface area contributed by atoms with Crippen molar-refractivity contribution >= 4 is 0 Å². The molecule has 0 saturated heterocycles. The summed E-state index contributed by atoms with van der Waals surface area (Å²) in [6.07, 6.45) is -0.876. The summed E-state index contributed by atoms with van der Waals surface area (Å²) in [4.78, 5) is 3.74. The van der Waals surface area contributed by atoms with Gasteiger partial charge in [-0.25, -0.2) is 13.8 Å². The van der Waals surface area contributed by atoms with Crippen LogP contribution in [0.3, 0.4) is 0 Å². The summed E-state index contributed by atoms with van der Waals surface area (Å²) in [5.74, 6) is 0.222. The maximum absolute atomic E-state index is 12.4. The first kappa shape index (κ1) is 9.58. The van der Waals surface area contributed by atoms with Crippen molar-refractivity contribution in [2.75, 3.05) is 0 Å². The van der Waals surface area contributed by atoms with Crippen LogP contribution in [0, 0.1) is 0 Å². The fraction of sp³-hybridized carbons (Fsp3) is 0.667. The second kappa shape index (κ2) is 3.02. The molecule has 0 radical (unpaired) electrons. The fourth-order valence-electron chi connectivity index (χ4n) is 1.31. The summed E-state index contributed by atoms with van der Waals surface area (Å²) in [5.41, 5.74) is -0.604. The van der Waals surface area contributed by atoms with Gasteiger partial charge in [-0.3, -0.25) is 0 Å². The lowest BCUT2D eigenvalue weighted by Crippen LogP contribution is -2.00. The van der Waals surface area contributed by atoms with Crippen LogP contribution in [0.5, 0.6) is 0 Å². The average molecular weight is 203 g/mol. The molecule has 1 N–H and O–H groups in total. The van der Waals surface area contributed by atoms with Gasteiger partial charge < -0.3 is 9.52 Å². The molecule has 0 bridgehead atoms. The van der Waals surface area contributed by atoms with E-state index in [1.807, 2.05) is 6.92 Å². The van der Waals surface area contributed by atoms with Crippen LogP contribution in [0.1, 0.15) is 43.5 Å². The summed E-state index contributed by atoms with van der Waals surface area (Å²) in [6.45, 7) is 1.39. The van der Waals surface area contributed by atoms with E-state index in [2.05, 4.69) is 4.98 Å². The quantitative estimate of drug-likeness (QED) is 0.818. The zero-order chi connectivity index (χ0) is 10.3. The van der Waals surface area contributed by atoms with Crippen LogP contribution in [0.15, 0.2) is 4.42 Å². The van der Waals surface area contributed by atoms with Crippen LogP contribution >= 0.6 is 0 Å². The largest absolute Gasteiger partial charge is 0.442 e. The standard InChI is InChI=1S/C9H11F2NO2/c1-9(2-3-9)8-12-6(7(10)11)5(4-13)14-8/h7,13H,2-4H2,1H3. The number of rotatable bonds is 3. The van der Waals surface area contributed by atoms with Crippen molar-refractivity contribution < 1.29 is 18.3 Å². The van der Waals surface area contributed by atoms with E-state index in [1.54, 1.807) is 0 Å². The van der Waals surface area contributed by atoms with Gasteiger partial charge in [0, 0.05) is 5.41 Å². The number of aromatic nitrogens is 1. The molecule has 1 saturated carbocycles. The zero-order valence-corrected chi connectivity index (χ0v) is 7.76. The fourth-order valence-corrected chi connectivity index (χ4v) is 1.31. The maximum atomic E-state index is 12.4. The minimum absolute atomic E-state index is 0.108. The Morgan fingerprint density at radius 1 is 1.57 bits per heavy atom. The number of halogens is 2. The molecule has 0 atom stereocenters. The van der Waals surface area contributed by atoms with E-state index in [4.69, 9.17) is 9.52 Å². The number of aliphatic hydroxyl groups is 1. The monoisotopic (exact) mass is 203 g/mol. The van der Waals surface area contributed by atoms with Gasteiger partial charge in [0.05, 0.1) is 0 Å². The molecule has 0 spiro atoms. The van der Waals surface area contributed by atoms with E-state index in [9.17, 15) is 8.78 Å². The molecular weight excluding hydrogens is 192 g/mol. The molecule has 0 aliphatic heterocycles. The van der Waals surface area contributed by atoms with Gasteiger partial charge in [-0.1, -0.05) is 6.92 Å². The molecule has 1 aromatic heterocycles. The highest BCUT2D eigenvalue weighted by atomic mass is 19.3. The van der Waals surface area contributed by atoms with Gasteiger partial charge >= 0.3 is 0 Å². The highest BCUT2D eigenvalue weighted by Gasteiger charge is 2.44. The predicted molar refractivity (Wildman–Crippen MR) is 44.0 cm³/mol. The highest BCUT2D eigenvalue weighted by molar-refractivity contribution is 5.19. The number of oxazole rings is 1. The van der Waals surface area contributed by atoms with E-state index in [0.717, 1.165) is 12.8 Å². The first-order valence-electron chi connectivity index (χ1n) is 4.46. The third kappa shape index (κ3) is 1.41. The summed E-state index contributed by atoms with van der Waals surface area (Å²) in [7, 11) is 0. The Kier molecular flexibility index (Phi) is 2.06. The molecule has 0 amide bonds. The third-order valence-electron chi connectivity index (χ3n) is 2.59. The molecule has 5 heteroatoms. The Bertz CT molecular complexity index is 345. The highest BCUT2D eigenvalue weighted by Crippen LogP contribution is 2.47. The first-order chi connectivity index (χ1) is 6.57. The van der Waals surface area contributed by atoms with Crippen molar-refractivity contribution in [1.82, 2.24) is 4.98 Å². The van der Waals surface area contributed by atoms with E-state index in [0.29, 0.717) is 5.89 Å². The normalized spacial score (nSPS) is 18.9. The number of alkyl halides is 2. The van der Waals surface area contributed by atoms with Crippen molar-refractivity contribution in [3.05, 3.63) is 17.3 Å². The summed E-state index contributed by atoms with van der Waals surface area (Å²) in [5, 5.41) is 8.80. The Labute approximate surface area is 79.8 Å². The number of nitrogens with zero attached hydrogens (tertiary/aromatic N) is 1. The summed E-state index contributed by atoms with van der Waals surface area (Å²) >= 11 is 0. The zero-order valence-electron chi connectivity index (χ0n) is 7.76. The number of aliphatic hydroxyl groups excluding tert-OH is 1. The third-order valence-corrected chi connectivity index (χ3v) is 2.59. The van der Waals surface area contributed by atoms with Crippen LogP contribution in [0.2, 0.25) is 0 Å². The summed E-state index contributed by atoms with van der Waals surface area (Å²) < 4.78 is 29.9. The Morgan fingerprint density at radius 3 is 2.57 bits per heavy atom. The Morgan fingerprint density at radius 2 is 2.21 bits per heavy atom. The van der Waals surface area contributed by atoms with E-state index in [-0.39, 0.29) is 11.2 Å². The molecular formula is C9H11F2NO2. The molecule has 1 heterocycles. The van der Waals surface area contributed by atoms with Crippen LogP contribution < -0.4 is 0 Å². The molecule has 1 aliphatic rings. The lowest BCUT2D eigenvalue weighted by molar-refractivity contribution is 0.139. The molecule has 1 fully saturated rings.